The molecule has 1 aromatic heterocycles. The Morgan fingerprint density at radius 3 is 3.16 bits per heavy atom. The number of hydrogen-bond donors (Lipinski definition) is 1. The van der Waals surface area contributed by atoms with Gasteiger partial charge in [0.1, 0.15) is 0 Å². The molecule has 0 spiro atoms. The first-order valence-electron chi connectivity index (χ1n) is 8.61. The van der Waals surface area contributed by atoms with Crippen molar-refractivity contribution < 1.29 is 9.53 Å². The van der Waals surface area contributed by atoms with Crippen LogP contribution in [0.3, 0.4) is 0 Å². The van der Waals surface area contributed by atoms with E-state index in [9.17, 15) is 4.79 Å². The van der Waals surface area contributed by atoms with Gasteiger partial charge in [0.05, 0.1) is 23.4 Å². The molecule has 7 heteroatoms. The number of carbonyl (C=O) groups excluding carboxylic acids is 1. The van der Waals surface area contributed by atoms with Crippen LogP contribution < -0.4 is 5.32 Å². The topological polar surface area (TPSA) is 56.1 Å². The zero-order valence-electron chi connectivity index (χ0n) is 14.0. The first-order valence-corrected chi connectivity index (χ1v) is 9.98. The molecule has 0 radical (unpaired) electrons. The zero-order chi connectivity index (χ0) is 17.4. The van der Waals surface area contributed by atoms with Crippen molar-refractivity contribution in [3.05, 3.63) is 34.5 Å². The summed E-state index contributed by atoms with van der Waals surface area (Å²) in [6, 6.07) is 6.17. The lowest BCUT2D eigenvalue weighted by Gasteiger charge is -2.27. The van der Waals surface area contributed by atoms with E-state index >= 15 is 0 Å². The number of carbonyl (C=O) groups is 1. The second-order valence-electron chi connectivity index (χ2n) is 6.25. The van der Waals surface area contributed by atoms with Crippen LogP contribution >= 0.6 is 23.4 Å². The highest BCUT2D eigenvalue weighted by molar-refractivity contribution is 7.98. The Morgan fingerprint density at radius 1 is 1.52 bits per heavy atom. The van der Waals surface area contributed by atoms with Crippen molar-refractivity contribution in [2.24, 2.45) is 0 Å². The van der Waals surface area contributed by atoms with Crippen molar-refractivity contribution in [2.45, 2.75) is 36.5 Å². The predicted octanol–water partition coefficient (Wildman–Crippen LogP) is 3.91. The second-order valence-corrected chi connectivity index (χ2v) is 7.64. The summed E-state index contributed by atoms with van der Waals surface area (Å²) in [5, 5.41) is 8.89. The van der Waals surface area contributed by atoms with E-state index in [4.69, 9.17) is 21.4 Å². The number of benzene rings is 1. The Balaban J connectivity index is 1.88. The smallest absolute Gasteiger partial charge is 0.359 e. The number of thioether (sulfide) groups is 1. The summed E-state index contributed by atoms with van der Waals surface area (Å²) in [7, 11) is 0. The number of ether oxygens (including phenoxy) is 1. The number of rotatable bonds is 3. The molecule has 0 aliphatic carbocycles. The van der Waals surface area contributed by atoms with E-state index in [1.165, 1.54) is 0 Å². The van der Waals surface area contributed by atoms with Gasteiger partial charge in [0.2, 0.25) is 0 Å². The number of nitrogens with zero attached hydrogens (tertiary/aromatic N) is 2. The van der Waals surface area contributed by atoms with Gasteiger partial charge >= 0.3 is 5.97 Å². The molecular weight excluding hydrogens is 358 g/mol. The van der Waals surface area contributed by atoms with E-state index in [0.717, 1.165) is 52.7 Å². The molecule has 1 unspecified atom stereocenters. The average molecular weight is 378 g/mol. The lowest BCUT2D eigenvalue weighted by molar-refractivity contribution is 0.0517. The number of aromatic nitrogens is 2. The number of piperidine rings is 1. The van der Waals surface area contributed by atoms with E-state index in [1.54, 1.807) is 11.8 Å². The molecule has 132 valence electrons. The van der Waals surface area contributed by atoms with Gasteiger partial charge in [-0.2, -0.15) is 5.10 Å². The number of hydrogen-bond acceptors (Lipinski definition) is 5. The van der Waals surface area contributed by atoms with Gasteiger partial charge in [0.15, 0.2) is 5.69 Å². The van der Waals surface area contributed by atoms with Gasteiger partial charge < -0.3 is 10.1 Å². The number of nitrogens with one attached hydrogen (secondary N) is 1. The van der Waals surface area contributed by atoms with Crippen LogP contribution in [0.2, 0.25) is 5.02 Å². The molecule has 25 heavy (non-hydrogen) atoms. The van der Waals surface area contributed by atoms with Gasteiger partial charge in [-0.15, -0.1) is 11.8 Å². The lowest BCUT2D eigenvalue weighted by atomic mass is 10.0. The average Bonchev–Trinajstić information content (AvgIpc) is 3.03. The van der Waals surface area contributed by atoms with Crippen LogP contribution in [0.4, 0.5) is 0 Å². The van der Waals surface area contributed by atoms with Crippen molar-refractivity contribution >= 4 is 29.3 Å². The molecule has 3 heterocycles. The summed E-state index contributed by atoms with van der Waals surface area (Å²) < 4.78 is 7.27. The minimum atomic E-state index is -0.340. The van der Waals surface area contributed by atoms with Crippen molar-refractivity contribution in [1.82, 2.24) is 15.1 Å². The summed E-state index contributed by atoms with van der Waals surface area (Å²) in [6.45, 7) is 4.06. The second kappa shape index (κ2) is 7.02. The Kier molecular flexibility index (Phi) is 4.75. The maximum Gasteiger partial charge on any atom is 0.359 e. The molecule has 1 atom stereocenters. The fourth-order valence-corrected chi connectivity index (χ4v) is 4.97. The summed E-state index contributed by atoms with van der Waals surface area (Å²) >= 11 is 8.07. The number of esters is 1. The van der Waals surface area contributed by atoms with E-state index in [-0.39, 0.29) is 12.0 Å². The summed E-state index contributed by atoms with van der Waals surface area (Å²) in [6.07, 6.45) is 2.15. The van der Waals surface area contributed by atoms with Crippen molar-refractivity contribution in [1.29, 1.82) is 0 Å². The van der Waals surface area contributed by atoms with Gasteiger partial charge in [0.25, 0.3) is 0 Å². The highest BCUT2D eigenvalue weighted by Crippen LogP contribution is 2.47. The van der Waals surface area contributed by atoms with E-state index in [1.807, 2.05) is 23.7 Å². The SMILES string of the molecule is CCOC(=O)c1nn(C2CCCNC2)c2c1CSc1c(Cl)cccc1-2. The zero-order valence-corrected chi connectivity index (χ0v) is 15.6. The number of fused-ring (bicyclic) bond motifs is 3. The van der Waals surface area contributed by atoms with Crippen LogP contribution in [0.1, 0.15) is 41.9 Å². The van der Waals surface area contributed by atoms with Crippen LogP contribution in [0.15, 0.2) is 23.1 Å². The molecule has 1 N–H and O–H groups in total. The van der Waals surface area contributed by atoms with Gasteiger partial charge in [-0.1, -0.05) is 23.7 Å². The molecule has 0 saturated carbocycles. The van der Waals surface area contributed by atoms with E-state index < -0.39 is 0 Å². The Morgan fingerprint density at radius 2 is 2.40 bits per heavy atom. The molecule has 2 aliphatic heterocycles. The third kappa shape index (κ3) is 2.96. The van der Waals surface area contributed by atoms with Gasteiger partial charge in [-0.05, 0) is 32.4 Å². The van der Waals surface area contributed by atoms with Crippen molar-refractivity contribution in [3.63, 3.8) is 0 Å². The highest BCUT2D eigenvalue weighted by atomic mass is 35.5. The first kappa shape index (κ1) is 16.9. The Labute approximate surface area is 156 Å². The molecule has 1 saturated heterocycles. The minimum Gasteiger partial charge on any atom is -0.461 e. The van der Waals surface area contributed by atoms with Crippen LogP contribution in [0, 0.1) is 0 Å². The van der Waals surface area contributed by atoms with Gasteiger partial charge in [0, 0.05) is 28.3 Å². The summed E-state index contributed by atoms with van der Waals surface area (Å²) in [5.74, 6) is 0.340. The maximum absolute atomic E-state index is 12.4. The van der Waals surface area contributed by atoms with Crippen LogP contribution in [0.5, 0.6) is 0 Å². The molecule has 2 aromatic rings. The molecule has 0 amide bonds. The fourth-order valence-electron chi connectivity index (χ4n) is 3.55. The van der Waals surface area contributed by atoms with Crippen LogP contribution in [0.25, 0.3) is 11.3 Å². The largest absolute Gasteiger partial charge is 0.461 e. The first-order chi connectivity index (χ1) is 12.2. The predicted molar refractivity (Wildman–Crippen MR) is 99.3 cm³/mol. The minimum absolute atomic E-state index is 0.237. The lowest BCUT2D eigenvalue weighted by Crippen LogP contribution is -2.32. The fraction of sp³-hybridized carbons (Fsp3) is 0.444. The van der Waals surface area contributed by atoms with Crippen molar-refractivity contribution in [3.8, 4) is 11.3 Å². The van der Waals surface area contributed by atoms with Crippen LogP contribution in [-0.2, 0) is 10.5 Å². The molecular formula is C18H20ClN3O2S. The molecule has 1 aromatic carbocycles. The summed E-state index contributed by atoms with van der Waals surface area (Å²) in [5.41, 5.74) is 3.49. The quantitative estimate of drug-likeness (QED) is 0.822. The third-order valence-electron chi connectivity index (χ3n) is 4.68. The number of halogens is 1. The molecule has 5 nitrogen and oxygen atoms in total. The molecule has 0 bridgehead atoms. The Hall–Kier alpha value is -1.50. The van der Waals surface area contributed by atoms with Crippen LogP contribution in [-0.4, -0.2) is 35.4 Å². The normalized spacial score (nSPS) is 19.2. The van der Waals surface area contributed by atoms with Gasteiger partial charge in [-0.25, -0.2) is 4.79 Å². The molecule has 2 aliphatic rings. The van der Waals surface area contributed by atoms with E-state index in [0.29, 0.717) is 18.1 Å². The Bertz CT molecular complexity index is 815. The summed E-state index contributed by atoms with van der Waals surface area (Å²) in [4.78, 5) is 13.5. The highest BCUT2D eigenvalue weighted by Gasteiger charge is 2.32. The van der Waals surface area contributed by atoms with Crippen molar-refractivity contribution in [2.75, 3.05) is 19.7 Å². The standard InChI is InChI=1S/C18H20ClN3O2S/c1-2-24-18(23)15-13-10-25-17-12(6-3-7-14(17)19)16(13)22(21-15)11-5-4-8-20-9-11/h3,6-7,11,20H,2,4-5,8-10H2,1H3. The van der Waals surface area contributed by atoms with E-state index in [2.05, 4.69) is 11.4 Å². The monoisotopic (exact) mass is 377 g/mol. The maximum atomic E-state index is 12.4. The third-order valence-corrected chi connectivity index (χ3v) is 6.27. The van der Waals surface area contributed by atoms with Gasteiger partial charge in [-0.3, -0.25) is 4.68 Å². The molecule has 4 rings (SSSR count). The molecule has 1 fully saturated rings.